The molecular weight excluding hydrogens is 313 g/mol. The molecule has 0 aliphatic rings. The smallest absolute Gasteiger partial charge is 0.170 e. The number of rotatable bonds is 3. The maximum Gasteiger partial charge on any atom is 0.170 e. The number of nitrogen functional groups attached to an aromatic ring is 1. The van der Waals surface area contributed by atoms with Crippen molar-refractivity contribution in [1.82, 2.24) is 19.7 Å². The molecule has 6 nitrogen and oxygen atoms in total. The highest BCUT2D eigenvalue weighted by atomic mass is 35.5. The van der Waals surface area contributed by atoms with Crippen LogP contribution >= 0.6 is 23.2 Å². The fraction of sp³-hybridized carbons (Fsp3) is 0.154. The number of nitrogens with zero attached hydrogens (tertiary/aromatic N) is 4. The normalized spacial score (nSPS) is 11.0. The summed E-state index contributed by atoms with van der Waals surface area (Å²) in [6.07, 6.45) is 1.63. The van der Waals surface area contributed by atoms with Gasteiger partial charge in [-0.1, -0.05) is 23.2 Å². The van der Waals surface area contributed by atoms with Crippen LogP contribution in [0.15, 0.2) is 24.4 Å². The monoisotopic (exact) mass is 323 g/mol. The zero-order valence-corrected chi connectivity index (χ0v) is 12.6. The second-order valence-electron chi connectivity index (χ2n) is 4.40. The topological polar surface area (TPSA) is 78.9 Å². The Kier molecular flexibility index (Phi) is 3.57. The molecule has 0 aliphatic carbocycles. The van der Waals surface area contributed by atoms with Gasteiger partial charge in [0.1, 0.15) is 18.2 Å². The Morgan fingerprint density at radius 2 is 2.05 bits per heavy atom. The Morgan fingerprint density at radius 1 is 1.24 bits per heavy atom. The van der Waals surface area contributed by atoms with E-state index in [1.54, 1.807) is 36.1 Å². The largest absolute Gasteiger partial charge is 0.486 e. The molecule has 2 aromatic heterocycles. The van der Waals surface area contributed by atoms with Gasteiger partial charge in [-0.25, -0.2) is 9.97 Å². The van der Waals surface area contributed by atoms with E-state index in [-0.39, 0.29) is 6.61 Å². The molecule has 0 amide bonds. The van der Waals surface area contributed by atoms with E-state index in [2.05, 4.69) is 15.1 Å². The first-order valence-corrected chi connectivity index (χ1v) is 6.82. The van der Waals surface area contributed by atoms with Gasteiger partial charge in [-0.05, 0) is 12.1 Å². The summed E-state index contributed by atoms with van der Waals surface area (Å²) in [5.74, 6) is 1.42. The van der Waals surface area contributed by atoms with E-state index in [0.29, 0.717) is 33.1 Å². The fourth-order valence-electron chi connectivity index (χ4n) is 1.87. The number of aryl methyl sites for hydroxylation is 1. The van der Waals surface area contributed by atoms with Gasteiger partial charge in [0.05, 0.1) is 21.6 Å². The fourth-order valence-corrected chi connectivity index (χ4v) is 2.16. The lowest BCUT2D eigenvalue weighted by molar-refractivity contribution is 0.296. The number of hydrogen-bond acceptors (Lipinski definition) is 5. The van der Waals surface area contributed by atoms with Crippen molar-refractivity contribution in [2.24, 2.45) is 7.05 Å². The molecule has 0 bridgehead atoms. The van der Waals surface area contributed by atoms with Gasteiger partial charge in [0.15, 0.2) is 11.5 Å². The Hall–Kier alpha value is -2.05. The number of benzene rings is 1. The van der Waals surface area contributed by atoms with Crippen LogP contribution in [0.3, 0.4) is 0 Å². The predicted octanol–water partition coefficient (Wildman–Crippen LogP) is 2.83. The molecule has 0 radical (unpaired) electrons. The minimum absolute atomic E-state index is 0.170. The van der Waals surface area contributed by atoms with Gasteiger partial charge < -0.3 is 10.5 Å². The van der Waals surface area contributed by atoms with Gasteiger partial charge in [-0.2, -0.15) is 5.10 Å². The first kappa shape index (κ1) is 13.9. The van der Waals surface area contributed by atoms with Crippen molar-refractivity contribution in [2.45, 2.75) is 6.61 Å². The summed E-state index contributed by atoms with van der Waals surface area (Å²) in [5, 5.41) is 5.72. The van der Waals surface area contributed by atoms with Crippen LogP contribution in [0.25, 0.3) is 11.0 Å². The van der Waals surface area contributed by atoms with Crippen LogP contribution in [-0.4, -0.2) is 19.7 Å². The lowest BCUT2D eigenvalue weighted by atomic mass is 10.3. The van der Waals surface area contributed by atoms with Gasteiger partial charge in [-0.15, -0.1) is 0 Å². The molecule has 0 fully saturated rings. The van der Waals surface area contributed by atoms with Crippen LogP contribution in [0.1, 0.15) is 5.82 Å². The van der Waals surface area contributed by atoms with Gasteiger partial charge in [0.2, 0.25) is 0 Å². The van der Waals surface area contributed by atoms with E-state index in [9.17, 15) is 0 Å². The van der Waals surface area contributed by atoms with Crippen LogP contribution in [0.4, 0.5) is 5.82 Å². The minimum Gasteiger partial charge on any atom is -0.486 e. The lowest BCUT2D eigenvalue weighted by Crippen LogP contribution is -2.06. The van der Waals surface area contributed by atoms with Crippen LogP contribution in [0.2, 0.25) is 10.0 Å². The molecule has 0 spiro atoms. The third kappa shape index (κ3) is 2.72. The first-order valence-electron chi connectivity index (χ1n) is 6.06. The summed E-state index contributed by atoms with van der Waals surface area (Å²) in [7, 11) is 1.79. The summed E-state index contributed by atoms with van der Waals surface area (Å²) < 4.78 is 7.23. The highest BCUT2D eigenvalue weighted by Gasteiger charge is 2.10. The van der Waals surface area contributed by atoms with Crippen molar-refractivity contribution in [3.05, 3.63) is 40.3 Å². The van der Waals surface area contributed by atoms with E-state index in [0.717, 1.165) is 5.39 Å². The average molecular weight is 324 g/mol. The SMILES string of the molecule is Cn1ncc2c(N)nc(COc3ccc(Cl)c(Cl)c3)nc21. The van der Waals surface area contributed by atoms with Crippen molar-refractivity contribution in [2.75, 3.05) is 5.73 Å². The summed E-state index contributed by atoms with van der Waals surface area (Å²) >= 11 is 11.8. The van der Waals surface area contributed by atoms with Gasteiger partial charge in [-0.3, -0.25) is 4.68 Å². The van der Waals surface area contributed by atoms with Crippen LogP contribution in [0.5, 0.6) is 5.75 Å². The molecule has 0 saturated heterocycles. The highest BCUT2D eigenvalue weighted by Crippen LogP contribution is 2.26. The number of hydrogen-bond donors (Lipinski definition) is 1. The lowest BCUT2D eigenvalue weighted by Gasteiger charge is -2.07. The molecular formula is C13H11Cl2N5O. The van der Waals surface area contributed by atoms with Gasteiger partial charge in [0, 0.05) is 13.1 Å². The van der Waals surface area contributed by atoms with E-state index < -0.39 is 0 Å². The third-order valence-electron chi connectivity index (χ3n) is 2.93. The Bertz CT molecular complexity index is 818. The maximum atomic E-state index is 5.93. The van der Waals surface area contributed by atoms with Crippen molar-refractivity contribution < 1.29 is 4.74 Å². The molecule has 0 saturated carbocycles. The van der Waals surface area contributed by atoms with E-state index >= 15 is 0 Å². The number of aromatic nitrogens is 4. The Morgan fingerprint density at radius 3 is 2.81 bits per heavy atom. The first-order chi connectivity index (χ1) is 10.0. The molecule has 3 aromatic rings. The molecule has 2 heterocycles. The molecule has 108 valence electrons. The standard InChI is InChI=1S/C13H11Cl2N5O/c1-20-13-8(5-17-20)12(16)18-11(19-13)6-21-7-2-3-9(14)10(15)4-7/h2-5H,6H2,1H3,(H2,16,18,19). The quantitative estimate of drug-likeness (QED) is 0.801. The van der Waals surface area contributed by atoms with Crippen LogP contribution < -0.4 is 10.5 Å². The number of nitrogens with two attached hydrogens (primary N) is 1. The summed E-state index contributed by atoms with van der Waals surface area (Å²) in [4.78, 5) is 8.57. The van der Waals surface area contributed by atoms with Crippen LogP contribution in [0, 0.1) is 0 Å². The van der Waals surface area contributed by atoms with Crippen molar-refractivity contribution in [1.29, 1.82) is 0 Å². The van der Waals surface area contributed by atoms with Gasteiger partial charge >= 0.3 is 0 Å². The van der Waals surface area contributed by atoms with Crippen molar-refractivity contribution in [3.8, 4) is 5.75 Å². The summed E-state index contributed by atoms with van der Waals surface area (Å²) in [6, 6.07) is 5.02. The van der Waals surface area contributed by atoms with E-state index in [1.807, 2.05) is 0 Å². The van der Waals surface area contributed by atoms with Gasteiger partial charge in [0.25, 0.3) is 0 Å². The molecule has 3 rings (SSSR count). The van der Waals surface area contributed by atoms with E-state index in [4.69, 9.17) is 33.7 Å². The summed E-state index contributed by atoms with van der Waals surface area (Å²) in [5.41, 5.74) is 6.55. The molecule has 0 unspecified atom stereocenters. The number of anilines is 1. The van der Waals surface area contributed by atoms with Crippen LogP contribution in [-0.2, 0) is 13.7 Å². The molecule has 0 atom stereocenters. The maximum absolute atomic E-state index is 5.93. The molecule has 0 aliphatic heterocycles. The Balaban J connectivity index is 1.84. The predicted molar refractivity (Wildman–Crippen MR) is 81.5 cm³/mol. The number of ether oxygens (including phenoxy) is 1. The summed E-state index contributed by atoms with van der Waals surface area (Å²) in [6.45, 7) is 0.170. The zero-order valence-electron chi connectivity index (χ0n) is 11.0. The number of fused-ring (bicyclic) bond motifs is 1. The second kappa shape index (κ2) is 5.38. The average Bonchev–Trinajstić information content (AvgIpc) is 2.83. The zero-order chi connectivity index (χ0) is 15.0. The molecule has 21 heavy (non-hydrogen) atoms. The molecule has 1 aromatic carbocycles. The third-order valence-corrected chi connectivity index (χ3v) is 3.67. The second-order valence-corrected chi connectivity index (χ2v) is 5.21. The molecule has 2 N–H and O–H groups in total. The van der Waals surface area contributed by atoms with E-state index in [1.165, 1.54) is 0 Å². The number of halogens is 2. The van der Waals surface area contributed by atoms with Crippen molar-refractivity contribution >= 4 is 40.1 Å². The minimum atomic E-state index is 0.170. The Labute approximate surface area is 130 Å². The van der Waals surface area contributed by atoms with Crippen molar-refractivity contribution in [3.63, 3.8) is 0 Å². The highest BCUT2D eigenvalue weighted by molar-refractivity contribution is 6.42. The molecule has 8 heteroatoms.